The van der Waals surface area contributed by atoms with Crippen LogP contribution in [-0.4, -0.2) is 39.8 Å². The highest BCUT2D eigenvalue weighted by Crippen LogP contribution is 2.18. The SMILES string of the molecule is COC(=O)c1ccc(F)cc1NCc1cn(CCO)nn1. The van der Waals surface area contributed by atoms with E-state index in [0.29, 0.717) is 17.9 Å². The Kier molecular flexibility index (Phi) is 4.83. The summed E-state index contributed by atoms with van der Waals surface area (Å²) in [7, 11) is 1.26. The van der Waals surface area contributed by atoms with E-state index in [0.717, 1.165) is 0 Å². The predicted octanol–water partition coefficient (Wildman–Crippen LogP) is 0.808. The standard InChI is InChI=1S/C13H15FN4O3/c1-21-13(20)11-3-2-9(14)6-12(11)15-7-10-8-18(4-5-19)17-16-10/h2-3,6,8,15,19H,4-5,7H2,1H3. The summed E-state index contributed by atoms with van der Waals surface area (Å²) < 4.78 is 19.4. The molecule has 0 bridgehead atoms. The molecule has 0 atom stereocenters. The fourth-order valence-electron chi connectivity index (χ4n) is 1.77. The smallest absolute Gasteiger partial charge is 0.339 e. The maximum absolute atomic E-state index is 13.3. The van der Waals surface area contributed by atoms with Crippen molar-refractivity contribution in [3.05, 3.63) is 41.5 Å². The van der Waals surface area contributed by atoms with Crippen LogP contribution in [0.4, 0.5) is 10.1 Å². The Morgan fingerprint density at radius 1 is 1.52 bits per heavy atom. The second kappa shape index (κ2) is 6.80. The molecule has 1 aromatic heterocycles. The molecule has 112 valence electrons. The quantitative estimate of drug-likeness (QED) is 0.766. The van der Waals surface area contributed by atoms with Crippen LogP contribution >= 0.6 is 0 Å². The highest BCUT2D eigenvalue weighted by Gasteiger charge is 2.13. The van der Waals surface area contributed by atoms with Gasteiger partial charge in [0, 0.05) is 0 Å². The first kappa shape index (κ1) is 14.9. The molecule has 0 radical (unpaired) electrons. The first-order valence-corrected chi connectivity index (χ1v) is 6.25. The van der Waals surface area contributed by atoms with Crippen LogP contribution in [0.2, 0.25) is 0 Å². The van der Waals surface area contributed by atoms with E-state index in [9.17, 15) is 9.18 Å². The van der Waals surface area contributed by atoms with Gasteiger partial charge in [-0.15, -0.1) is 5.10 Å². The van der Waals surface area contributed by atoms with Crippen molar-refractivity contribution in [1.29, 1.82) is 0 Å². The van der Waals surface area contributed by atoms with Crippen LogP contribution in [0.3, 0.4) is 0 Å². The van der Waals surface area contributed by atoms with Crippen LogP contribution in [0.25, 0.3) is 0 Å². The Balaban J connectivity index is 2.11. The third-order valence-electron chi connectivity index (χ3n) is 2.76. The molecule has 1 aromatic carbocycles. The molecule has 0 saturated heterocycles. The summed E-state index contributed by atoms with van der Waals surface area (Å²) >= 11 is 0. The summed E-state index contributed by atoms with van der Waals surface area (Å²) in [4.78, 5) is 11.6. The number of methoxy groups -OCH3 is 1. The van der Waals surface area contributed by atoms with E-state index in [2.05, 4.69) is 20.4 Å². The molecule has 0 amide bonds. The number of ether oxygens (including phenoxy) is 1. The third-order valence-corrected chi connectivity index (χ3v) is 2.76. The number of aliphatic hydroxyl groups excluding tert-OH is 1. The van der Waals surface area contributed by atoms with Gasteiger partial charge in [0.1, 0.15) is 11.5 Å². The first-order chi connectivity index (χ1) is 10.1. The van der Waals surface area contributed by atoms with E-state index in [4.69, 9.17) is 5.11 Å². The molecule has 8 heteroatoms. The number of hydrogen-bond donors (Lipinski definition) is 2. The molecule has 0 aliphatic carbocycles. The van der Waals surface area contributed by atoms with Crippen LogP contribution < -0.4 is 5.32 Å². The summed E-state index contributed by atoms with van der Waals surface area (Å²) in [6.07, 6.45) is 1.65. The third kappa shape index (κ3) is 3.76. The lowest BCUT2D eigenvalue weighted by atomic mass is 10.1. The summed E-state index contributed by atoms with van der Waals surface area (Å²) in [5.74, 6) is -1.02. The molecule has 0 fully saturated rings. The van der Waals surface area contributed by atoms with Crippen LogP contribution in [0.15, 0.2) is 24.4 Å². The first-order valence-electron chi connectivity index (χ1n) is 6.25. The zero-order chi connectivity index (χ0) is 15.2. The van der Waals surface area contributed by atoms with Gasteiger partial charge in [-0.25, -0.2) is 13.9 Å². The fourth-order valence-corrected chi connectivity index (χ4v) is 1.77. The normalized spacial score (nSPS) is 10.4. The molecule has 2 N–H and O–H groups in total. The van der Waals surface area contributed by atoms with Crippen LogP contribution in [0.5, 0.6) is 0 Å². The lowest BCUT2D eigenvalue weighted by Crippen LogP contribution is -2.09. The minimum absolute atomic E-state index is 0.0351. The number of benzene rings is 1. The Hall–Kier alpha value is -2.48. The number of rotatable bonds is 6. The molecule has 21 heavy (non-hydrogen) atoms. The zero-order valence-corrected chi connectivity index (χ0v) is 11.4. The molecular formula is C13H15FN4O3. The van der Waals surface area contributed by atoms with Crippen molar-refractivity contribution in [1.82, 2.24) is 15.0 Å². The molecule has 0 unspecified atom stereocenters. The van der Waals surface area contributed by atoms with Gasteiger partial charge in [0.15, 0.2) is 0 Å². The Bertz CT molecular complexity index is 630. The number of nitrogens with zero attached hydrogens (tertiary/aromatic N) is 3. The molecular weight excluding hydrogens is 279 g/mol. The van der Waals surface area contributed by atoms with Crippen LogP contribution in [0.1, 0.15) is 16.1 Å². The van der Waals surface area contributed by atoms with E-state index >= 15 is 0 Å². The van der Waals surface area contributed by atoms with Gasteiger partial charge >= 0.3 is 5.97 Å². The minimum atomic E-state index is -0.554. The average molecular weight is 294 g/mol. The topological polar surface area (TPSA) is 89.3 Å². The second-order valence-electron chi connectivity index (χ2n) is 4.23. The number of halogens is 1. The average Bonchev–Trinajstić information content (AvgIpc) is 2.92. The van der Waals surface area contributed by atoms with Gasteiger partial charge in [0.25, 0.3) is 0 Å². The number of aromatic nitrogens is 3. The number of esters is 1. The van der Waals surface area contributed by atoms with Gasteiger partial charge in [0.2, 0.25) is 0 Å². The van der Waals surface area contributed by atoms with Crippen molar-refractivity contribution >= 4 is 11.7 Å². The number of hydrogen-bond acceptors (Lipinski definition) is 6. The van der Waals surface area contributed by atoms with Crippen molar-refractivity contribution in [3.8, 4) is 0 Å². The van der Waals surface area contributed by atoms with Gasteiger partial charge in [-0.2, -0.15) is 0 Å². The van der Waals surface area contributed by atoms with E-state index in [-0.39, 0.29) is 18.7 Å². The van der Waals surface area contributed by atoms with Crippen LogP contribution in [0, 0.1) is 5.82 Å². The second-order valence-corrected chi connectivity index (χ2v) is 4.23. The lowest BCUT2D eigenvalue weighted by molar-refractivity contribution is 0.0601. The monoisotopic (exact) mass is 294 g/mol. The Labute approximate surface area is 120 Å². The van der Waals surface area contributed by atoms with Crippen molar-refractivity contribution in [2.75, 3.05) is 19.0 Å². The fraction of sp³-hybridized carbons (Fsp3) is 0.308. The highest BCUT2D eigenvalue weighted by atomic mass is 19.1. The van der Waals surface area contributed by atoms with Crippen LogP contribution in [-0.2, 0) is 17.8 Å². The number of carbonyl (C=O) groups excluding carboxylic acids is 1. The predicted molar refractivity (Wildman–Crippen MR) is 72.2 cm³/mol. The highest BCUT2D eigenvalue weighted by molar-refractivity contribution is 5.95. The molecule has 2 rings (SSSR count). The van der Waals surface area contributed by atoms with Gasteiger partial charge in [-0.3, -0.25) is 0 Å². The molecule has 0 aliphatic rings. The largest absolute Gasteiger partial charge is 0.465 e. The van der Waals surface area contributed by atoms with Gasteiger partial charge in [-0.1, -0.05) is 5.21 Å². The maximum Gasteiger partial charge on any atom is 0.339 e. The van der Waals surface area contributed by atoms with Crippen molar-refractivity contribution < 1.29 is 19.0 Å². The number of carbonyl (C=O) groups is 1. The minimum Gasteiger partial charge on any atom is -0.465 e. The van der Waals surface area contributed by atoms with E-state index < -0.39 is 11.8 Å². The number of anilines is 1. The molecule has 1 heterocycles. The Morgan fingerprint density at radius 3 is 3.05 bits per heavy atom. The summed E-state index contributed by atoms with van der Waals surface area (Å²) in [5.41, 5.74) is 1.16. The van der Waals surface area contributed by atoms with Gasteiger partial charge < -0.3 is 15.2 Å². The molecule has 0 saturated carbocycles. The van der Waals surface area contributed by atoms with E-state index in [1.807, 2.05) is 0 Å². The Morgan fingerprint density at radius 2 is 2.33 bits per heavy atom. The molecule has 0 aliphatic heterocycles. The van der Waals surface area contributed by atoms with Crippen molar-refractivity contribution in [2.45, 2.75) is 13.1 Å². The van der Waals surface area contributed by atoms with E-state index in [1.54, 1.807) is 6.20 Å². The van der Waals surface area contributed by atoms with Gasteiger partial charge in [0.05, 0.1) is 44.3 Å². The summed E-state index contributed by atoms with van der Waals surface area (Å²) in [5, 5.41) is 19.4. The lowest BCUT2D eigenvalue weighted by Gasteiger charge is -2.09. The maximum atomic E-state index is 13.3. The number of aliphatic hydroxyl groups is 1. The van der Waals surface area contributed by atoms with E-state index in [1.165, 1.54) is 30.0 Å². The molecule has 7 nitrogen and oxygen atoms in total. The molecule has 2 aromatic rings. The van der Waals surface area contributed by atoms with Crippen molar-refractivity contribution in [3.63, 3.8) is 0 Å². The van der Waals surface area contributed by atoms with Crippen molar-refractivity contribution in [2.24, 2.45) is 0 Å². The molecule has 0 spiro atoms. The summed E-state index contributed by atoms with van der Waals surface area (Å²) in [6, 6.07) is 3.76. The van der Waals surface area contributed by atoms with Gasteiger partial charge in [-0.05, 0) is 18.2 Å². The number of nitrogens with one attached hydrogen (secondary N) is 1. The zero-order valence-electron chi connectivity index (χ0n) is 11.4. The summed E-state index contributed by atoms with van der Waals surface area (Å²) in [6.45, 7) is 0.575.